The largest absolute Gasteiger partial charge is 0.673 e. The van der Waals surface area contributed by atoms with Crippen molar-refractivity contribution in [3.8, 4) is 0 Å². The second kappa shape index (κ2) is 19.4. The van der Waals surface area contributed by atoms with Gasteiger partial charge in [-0.2, -0.15) is 0 Å². The minimum absolute atomic E-state index is 0. The summed E-state index contributed by atoms with van der Waals surface area (Å²) in [5.74, 6) is 0. The van der Waals surface area contributed by atoms with Gasteiger partial charge < -0.3 is 22.7 Å². The molecule has 1 radical (unpaired) electrons. The van der Waals surface area contributed by atoms with Crippen molar-refractivity contribution in [2.24, 2.45) is 0 Å². The molecular weight excluding hydrogens is 398 g/mol. The summed E-state index contributed by atoms with van der Waals surface area (Å²) in [7, 11) is -6.00. The third-order valence-electron chi connectivity index (χ3n) is 2.67. The van der Waals surface area contributed by atoms with E-state index < -0.39 is 7.25 Å². The van der Waals surface area contributed by atoms with E-state index >= 15 is 0 Å². The number of hydrogen-bond donors (Lipinski definition) is 0. The van der Waals surface area contributed by atoms with E-state index in [9.17, 15) is 17.3 Å². The fourth-order valence-corrected chi connectivity index (χ4v) is 1.71. The summed E-state index contributed by atoms with van der Waals surface area (Å²) < 4.78 is 39.0. The van der Waals surface area contributed by atoms with Crippen LogP contribution < -0.4 is 0 Å². The van der Waals surface area contributed by atoms with E-state index in [1.165, 1.54) is 51.4 Å². The summed E-state index contributed by atoms with van der Waals surface area (Å²) in [5.41, 5.74) is 0. The molecule has 0 aliphatic heterocycles. The second-order valence-electron chi connectivity index (χ2n) is 4.69. The molecule has 23 heavy (non-hydrogen) atoms. The smallest absolute Gasteiger partial charge is 0.418 e. The van der Waals surface area contributed by atoms with E-state index in [1.54, 1.807) is 0 Å². The van der Waals surface area contributed by atoms with Crippen molar-refractivity contribution in [1.82, 2.24) is 0 Å². The summed E-state index contributed by atoms with van der Waals surface area (Å²) in [5, 5.41) is 0. The summed E-state index contributed by atoms with van der Waals surface area (Å²) in [6, 6.07) is 0. The molecule has 7 heteroatoms. The maximum absolute atomic E-state index is 9.75. The fraction of sp³-hybridized carbons (Fsp3) is 0.500. The predicted molar refractivity (Wildman–Crippen MR) is 87.3 cm³/mol. The molecule has 137 valence electrons. The Morgan fingerprint density at radius 2 is 0.522 bits per heavy atom. The summed E-state index contributed by atoms with van der Waals surface area (Å²) in [4.78, 5) is 0. The Hall–Kier alpha value is -0.672. The third-order valence-corrected chi connectivity index (χ3v) is 2.67. The molecule has 0 aromatic carbocycles. The van der Waals surface area contributed by atoms with Gasteiger partial charge in [-0.1, -0.05) is 48.6 Å². The van der Waals surface area contributed by atoms with Gasteiger partial charge in [0.15, 0.2) is 0 Å². The molecular formula is C16H26BF4ORh-. The van der Waals surface area contributed by atoms with Gasteiger partial charge in [0.1, 0.15) is 0 Å². The summed E-state index contributed by atoms with van der Waals surface area (Å²) in [6.45, 7) is 0. The van der Waals surface area contributed by atoms with Gasteiger partial charge in [0.2, 0.25) is 0 Å². The zero-order valence-corrected chi connectivity index (χ0v) is 14.8. The first-order valence-corrected chi connectivity index (χ1v) is 7.47. The van der Waals surface area contributed by atoms with Crippen LogP contribution in [0.4, 0.5) is 17.3 Å². The molecule has 2 aliphatic carbocycles. The fourth-order valence-electron chi connectivity index (χ4n) is 1.71. The van der Waals surface area contributed by atoms with Gasteiger partial charge in [0.25, 0.3) is 0 Å². The molecule has 0 spiro atoms. The van der Waals surface area contributed by atoms with Crippen LogP contribution in [-0.2, 0) is 19.5 Å². The second-order valence-corrected chi connectivity index (χ2v) is 4.69. The quantitative estimate of drug-likeness (QED) is 0.267. The first-order valence-electron chi connectivity index (χ1n) is 7.47. The van der Waals surface area contributed by atoms with Gasteiger partial charge in [0, 0.05) is 19.5 Å². The molecule has 0 amide bonds. The molecule has 0 aromatic rings. The molecule has 2 rings (SSSR count). The average molecular weight is 424 g/mol. The molecule has 0 fully saturated rings. The minimum atomic E-state index is -6.00. The van der Waals surface area contributed by atoms with Crippen molar-refractivity contribution in [3.05, 3.63) is 48.6 Å². The zero-order chi connectivity index (χ0) is 15.8. The summed E-state index contributed by atoms with van der Waals surface area (Å²) >= 11 is 0. The van der Waals surface area contributed by atoms with E-state index in [-0.39, 0.29) is 25.0 Å². The first-order chi connectivity index (χ1) is 10.0. The van der Waals surface area contributed by atoms with Crippen molar-refractivity contribution < 1.29 is 42.2 Å². The molecule has 2 N–H and O–H groups in total. The Balaban J connectivity index is -0.000000258. The molecule has 2 aliphatic rings. The van der Waals surface area contributed by atoms with Crippen LogP contribution in [0.5, 0.6) is 0 Å². The molecule has 0 saturated carbocycles. The molecule has 0 aromatic heterocycles. The molecule has 0 atom stereocenters. The Morgan fingerprint density at radius 3 is 0.609 bits per heavy atom. The van der Waals surface area contributed by atoms with Crippen molar-refractivity contribution in [1.29, 1.82) is 0 Å². The third kappa shape index (κ3) is 33.9. The van der Waals surface area contributed by atoms with Crippen molar-refractivity contribution in [2.75, 3.05) is 0 Å². The van der Waals surface area contributed by atoms with E-state index in [0.29, 0.717) is 0 Å². The summed E-state index contributed by atoms with van der Waals surface area (Å²) in [6.07, 6.45) is 28.0. The molecule has 0 bridgehead atoms. The minimum Gasteiger partial charge on any atom is -0.418 e. The van der Waals surface area contributed by atoms with Crippen LogP contribution in [0.2, 0.25) is 0 Å². The van der Waals surface area contributed by atoms with Crippen LogP contribution in [0.1, 0.15) is 51.4 Å². The number of rotatable bonds is 0. The Labute approximate surface area is 149 Å². The zero-order valence-electron chi connectivity index (χ0n) is 13.2. The maximum atomic E-state index is 9.75. The predicted octanol–water partition coefficient (Wildman–Crippen LogP) is 5.82. The van der Waals surface area contributed by atoms with Crippen LogP contribution in [-0.4, -0.2) is 12.7 Å². The van der Waals surface area contributed by atoms with Crippen LogP contribution in [0.15, 0.2) is 48.6 Å². The van der Waals surface area contributed by atoms with Crippen molar-refractivity contribution in [2.45, 2.75) is 51.4 Å². The van der Waals surface area contributed by atoms with E-state index in [4.69, 9.17) is 0 Å². The molecule has 0 saturated heterocycles. The van der Waals surface area contributed by atoms with Gasteiger partial charge in [-0.25, -0.2) is 0 Å². The number of hydrogen-bond acceptors (Lipinski definition) is 0. The molecule has 0 heterocycles. The Bertz CT molecular complexity index is 266. The van der Waals surface area contributed by atoms with Gasteiger partial charge in [-0.15, -0.1) is 0 Å². The van der Waals surface area contributed by atoms with Crippen LogP contribution in [0.25, 0.3) is 0 Å². The monoisotopic (exact) mass is 424 g/mol. The van der Waals surface area contributed by atoms with E-state index in [0.717, 1.165) is 0 Å². The van der Waals surface area contributed by atoms with E-state index in [1.807, 2.05) is 0 Å². The Kier molecular flexibility index (Phi) is 22.9. The van der Waals surface area contributed by atoms with Gasteiger partial charge >= 0.3 is 7.25 Å². The molecule has 0 unspecified atom stereocenters. The average Bonchev–Trinajstić information content (AvgIpc) is 2.24. The normalized spacial score (nSPS) is 19.3. The topological polar surface area (TPSA) is 31.5 Å². The van der Waals surface area contributed by atoms with Gasteiger partial charge in [-0.3, -0.25) is 0 Å². The standard InChI is InChI=1S/2C8H12.BF4.H2O.Rh/c2*1-2-4-6-8-7-5-3-1;2-1(3,4)5;;/h2*1-2,7-8H,3-6H2;;1H2;/q;;-1;;/b2*2-1-,8-7?;;;. The van der Waals surface area contributed by atoms with Crippen LogP contribution in [0.3, 0.4) is 0 Å². The van der Waals surface area contributed by atoms with Gasteiger partial charge in [0.05, 0.1) is 0 Å². The first kappa shape index (κ1) is 27.2. The van der Waals surface area contributed by atoms with Crippen LogP contribution in [0, 0.1) is 0 Å². The molecule has 1 nitrogen and oxygen atoms in total. The van der Waals surface area contributed by atoms with Crippen molar-refractivity contribution in [3.63, 3.8) is 0 Å². The number of allylic oxidation sites excluding steroid dienone is 8. The maximum Gasteiger partial charge on any atom is 0.673 e. The van der Waals surface area contributed by atoms with Crippen LogP contribution >= 0.6 is 0 Å². The van der Waals surface area contributed by atoms with Crippen molar-refractivity contribution >= 4 is 7.25 Å². The van der Waals surface area contributed by atoms with E-state index in [2.05, 4.69) is 48.6 Å². The Morgan fingerprint density at radius 1 is 0.435 bits per heavy atom. The van der Waals surface area contributed by atoms with Gasteiger partial charge in [-0.05, 0) is 51.4 Å². The number of halogens is 4. The SMILES string of the molecule is C1=CCC/C=C\CC1.C1=CCC/C=C\CC1.F[B-](F)(F)F.O.[Rh].